The quantitative estimate of drug-likeness (QED) is 0.500. The van der Waals surface area contributed by atoms with Crippen molar-refractivity contribution in [3.8, 4) is 5.69 Å². The van der Waals surface area contributed by atoms with E-state index in [4.69, 9.17) is 0 Å². The topological polar surface area (TPSA) is 81.8 Å². The highest BCUT2D eigenvalue weighted by Crippen LogP contribution is 2.20. The molecule has 0 saturated heterocycles. The summed E-state index contributed by atoms with van der Waals surface area (Å²) in [5.41, 5.74) is 6.19. The van der Waals surface area contributed by atoms with E-state index in [1.807, 2.05) is 76.2 Å². The average Bonchev–Trinajstić information content (AvgIpc) is 3.10. The molecule has 0 radical (unpaired) electrons. The van der Waals surface area contributed by atoms with Crippen molar-refractivity contribution in [2.45, 2.75) is 47.1 Å². The van der Waals surface area contributed by atoms with Crippen molar-refractivity contribution < 1.29 is 4.79 Å². The number of nitrogens with one attached hydrogen (secondary N) is 1. The van der Waals surface area contributed by atoms with Crippen LogP contribution in [-0.4, -0.2) is 25.2 Å². The number of nitrogens with zero attached hydrogens (tertiary/aromatic N) is 4. The van der Waals surface area contributed by atoms with E-state index in [2.05, 4.69) is 15.4 Å². The molecule has 0 aliphatic carbocycles. The van der Waals surface area contributed by atoms with Crippen molar-refractivity contribution in [1.82, 2.24) is 19.3 Å². The Balaban J connectivity index is 1.64. The van der Waals surface area contributed by atoms with Gasteiger partial charge in [-0.15, -0.1) is 0 Å². The predicted octanol–water partition coefficient (Wildman–Crippen LogP) is 4.10. The lowest BCUT2D eigenvalue weighted by molar-refractivity contribution is -0.116. The number of fused-ring (bicyclic) bond motifs is 1. The fraction of sp³-hybridized carbons (Fsp3) is 0.280. The third-order valence-corrected chi connectivity index (χ3v) is 5.52. The first-order valence-electron chi connectivity index (χ1n) is 10.8. The number of rotatable bonds is 6. The Morgan fingerprint density at radius 3 is 2.22 bits per heavy atom. The van der Waals surface area contributed by atoms with Gasteiger partial charge in [-0.25, -0.2) is 9.67 Å². The van der Waals surface area contributed by atoms with Crippen molar-refractivity contribution in [1.29, 1.82) is 0 Å². The SMILES string of the molecule is CCn1c(=O)c(CCC(=O)Nc2ccc(C)cc2)nc2c(C)nn(-c3ccc(C)cc3)c21. The summed E-state index contributed by atoms with van der Waals surface area (Å²) in [7, 11) is 0. The molecule has 4 aromatic rings. The van der Waals surface area contributed by atoms with Crippen LogP contribution in [0.5, 0.6) is 0 Å². The Labute approximate surface area is 186 Å². The summed E-state index contributed by atoms with van der Waals surface area (Å²) >= 11 is 0. The Morgan fingerprint density at radius 2 is 1.59 bits per heavy atom. The van der Waals surface area contributed by atoms with Gasteiger partial charge in [-0.05, 0) is 52.0 Å². The van der Waals surface area contributed by atoms with Gasteiger partial charge in [0.1, 0.15) is 11.2 Å². The molecule has 0 unspecified atom stereocenters. The molecular weight excluding hydrogens is 402 g/mol. The van der Waals surface area contributed by atoms with Gasteiger partial charge >= 0.3 is 0 Å². The minimum Gasteiger partial charge on any atom is -0.326 e. The fourth-order valence-corrected chi connectivity index (χ4v) is 3.73. The third kappa shape index (κ3) is 4.19. The standard InChI is InChI=1S/C25H27N5O2/c1-5-29-24-23(18(4)28-30(24)20-12-8-17(3)9-13-20)27-21(25(29)32)14-15-22(31)26-19-10-6-16(2)7-11-19/h6-13H,5,14-15H2,1-4H3,(H,26,31). The summed E-state index contributed by atoms with van der Waals surface area (Å²) < 4.78 is 3.46. The van der Waals surface area contributed by atoms with Crippen molar-refractivity contribution in [3.63, 3.8) is 0 Å². The van der Waals surface area contributed by atoms with Crippen LogP contribution in [0.3, 0.4) is 0 Å². The normalized spacial score (nSPS) is 11.1. The van der Waals surface area contributed by atoms with E-state index in [9.17, 15) is 9.59 Å². The highest BCUT2D eigenvalue weighted by molar-refractivity contribution is 5.90. The van der Waals surface area contributed by atoms with Gasteiger partial charge in [-0.2, -0.15) is 5.10 Å². The zero-order valence-electron chi connectivity index (χ0n) is 18.8. The van der Waals surface area contributed by atoms with Crippen LogP contribution in [0.1, 0.15) is 35.9 Å². The first-order valence-corrected chi connectivity index (χ1v) is 10.8. The molecule has 7 nitrogen and oxygen atoms in total. The average molecular weight is 430 g/mol. The molecule has 0 fully saturated rings. The molecule has 32 heavy (non-hydrogen) atoms. The van der Waals surface area contributed by atoms with E-state index in [1.165, 1.54) is 0 Å². The van der Waals surface area contributed by atoms with Crippen LogP contribution in [0.4, 0.5) is 5.69 Å². The second-order valence-corrected chi connectivity index (χ2v) is 8.03. The molecule has 7 heteroatoms. The van der Waals surface area contributed by atoms with Crippen LogP contribution in [0.25, 0.3) is 16.9 Å². The van der Waals surface area contributed by atoms with Gasteiger partial charge < -0.3 is 5.32 Å². The van der Waals surface area contributed by atoms with Crippen LogP contribution >= 0.6 is 0 Å². The third-order valence-electron chi connectivity index (χ3n) is 5.52. The highest BCUT2D eigenvalue weighted by Gasteiger charge is 2.19. The number of amides is 1. The van der Waals surface area contributed by atoms with Gasteiger partial charge in [0.15, 0.2) is 5.65 Å². The number of carbonyl (C=O) groups is 1. The van der Waals surface area contributed by atoms with E-state index in [-0.39, 0.29) is 24.3 Å². The lowest BCUT2D eigenvalue weighted by Crippen LogP contribution is -2.27. The molecule has 0 spiro atoms. The van der Waals surface area contributed by atoms with Crippen LogP contribution < -0.4 is 10.9 Å². The molecular formula is C25H27N5O2. The number of aromatic nitrogens is 4. The first-order chi connectivity index (χ1) is 15.4. The molecule has 0 aliphatic heterocycles. The van der Waals surface area contributed by atoms with Crippen LogP contribution in [0.15, 0.2) is 53.3 Å². The van der Waals surface area contributed by atoms with Gasteiger partial charge in [0, 0.05) is 25.1 Å². The first kappa shape index (κ1) is 21.5. The monoisotopic (exact) mass is 429 g/mol. The zero-order valence-corrected chi connectivity index (χ0v) is 18.8. The van der Waals surface area contributed by atoms with E-state index >= 15 is 0 Å². The van der Waals surface area contributed by atoms with E-state index in [0.29, 0.717) is 23.4 Å². The molecule has 0 bridgehead atoms. The molecule has 0 saturated carbocycles. The maximum absolute atomic E-state index is 13.2. The molecule has 2 heterocycles. The number of hydrogen-bond acceptors (Lipinski definition) is 4. The molecule has 2 aromatic carbocycles. The molecule has 1 N–H and O–H groups in total. The van der Waals surface area contributed by atoms with Crippen molar-refractivity contribution >= 4 is 22.8 Å². The highest BCUT2D eigenvalue weighted by atomic mass is 16.1. The van der Waals surface area contributed by atoms with Crippen LogP contribution in [-0.2, 0) is 17.8 Å². The van der Waals surface area contributed by atoms with Crippen LogP contribution in [0.2, 0.25) is 0 Å². The van der Waals surface area contributed by atoms with Gasteiger partial charge in [-0.3, -0.25) is 14.2 Å². The Bertz CT molecular complexity index is 1330. The van der Waals surface area contributed by atoms with Crippen molar-refractivity contribution in [2.75, 3.05) is 5.32 Å². The number of hydrogen-bond donors (Lipinski definition) is 1. The van der Waals surface area contributed by atoms with Gasteiger partial charge in [0.05, 0.1) is 11.4 Å². The number of anilines is 1. The summed E-state index contributed by atoms with van der Waals surface area (Å²) in [6.07, 6.45) is 0.443. The summed E-state index contributed by atoms with van der Waals surface area (Å²) in [5.74, 6) is -0.148. The van der Waals surface area contributed by atoms with Gasteiger partial charge in [0.25, 0.3) is 5.56 Å². The van der Waals surface area contributed by atoms with E-state index in [1.54, 1.807) is 9.25 Å². The predicted molar refractivity (Wildman–Crippen MR) is 126 cm³/mol. The second-order valence-electron chi connectivity index (χ2n) is 8.03. The summed E-state index contributed by atoms with van der Waals surface area (Å²) in [4.78, 5) is 30.3. The van der Waals surface area contributed by atoms with Gasteiger partial charge in [0.2, 0.25) is 5.91 Å². The lowest BCUT2D eigenvalue weighted by atomic mass is 10.2. The maximum Gasteiger partial charge on any atom is 0.273 e. The molecule has 0 atom stereocenters. The van der Waals surface area contributed by atoms with E-state index < -0.39 is 0 Å². The Morgan fingerprint density at radius 1 is 0.969 bits per heavy atom. The Hall–Kier alpha value is -3.74. The maximum atomic E-state index is 13.2. The zero-order chi connectivity index (χ0) is 22.8. The largest absolute Gasteiger partial charge is 0.326 e. The minimum absolute atomic E-state index is 0.148. The molecule has 0 aliphatic rings. The Kier molecular flexibility index (Phi) is 5.90. The van der Waals surface area contributed by atoms with Gasteiger partial charge in [-0.1, -0.05) is 35.4 Å². The van der Waals surface area contributed by atoms with Crippen molar-refractivity contribution in [2.24, 2.45) is 0 Å². The lowest BCUT2D eigenvalue weighted by Gasteiger charge is -2.11. The summed E-state index contributed by atoms with van der Waals surface area (Å²) in [5, 5.41) is 7.53. The van der Waals surface area contributed by atoms with E-state index in [0.717, 1.165) is 28.2 Å². The molecule has 1 amide bonds. The molecule has 2 aromatic heterocycles. The summed E-state index contributed by atoms with van der Waals surface area (Å²) in [6.45, 7) is 8.32. The summed E-state index contributed by atoms with van der Waals surface area (Å²) in [6, 6.07) is 15.6. The molecule has 4 rings (SSSR count). The second kappa shape index (κ2) is 8.78. The number of benzene rings is 2. The van der Waals surface area contributed by atoms with Crippen molar-refractivity contribution in [3.05, 3.63) is 81.4 Å². The number of carbonyl (C=O) groups excluding carboxylic acids is 1. The smallest absolute Gasteiger partial charge is 0.273 e. The minimum atomic E-state index is -0.184. The fourth-order valence-electron chi connectivity index (χ4n) is 3.73. The molecule has 164 valence electrons. The van der Waals surface area contributed by atoms with Crippen LogP contribution in [0, 0.1) is 20.8 Å². The number of aryl methyl sites for hydroxylation is 5.